The summed E-state index contributed by atoms with van der Waals surface area (Å²) in [6, 6.07) is 0. The third-order valence-electron chi connectivity index (χ3n) is 13.8. The molecule has 3 N–H and O–H groups in total. The van der Waals surface area contributed by atoms with Gasteiger partial charge in [-0.25, -0.2) is 4.79 Å². The number of esters is 3. The predicted octanol–water partition coefficient (Wildman–Crippen LogP) is 16.1. The van der Waals surface area contributed by atoms with Crippen molar-refractivity contribution >= 4 is 23.9 Å². The van der Waals surface area contributed by atoms with Crippen LogP contribution in [0.1, 0.15) is 265 Å². The molecule has 0 radical (unpaired) electrons. The van der Waals surface area contributed by atoms with Gasteiger partial charge in [0, 0.05) is 19.3 Å². The topological polar surface area (TPSA) is 175 Å². The molecule has 0 aromatic heterocycles. The van der Waals surface area contributed by atoms with E-state index < -0.39 is 67.3 Å². The maximum atomic E-state index is 13.2. The third-order valence-corrected chi connectivity index (χ3v) is 13.8. The lowest BCUT2D eigenvalue weighted by Gasteiger charge is -2.40. The van der Waals surface area contributed by atoms with Gasteiger partial charge in [0.2, 0.25) is 0 Å². The van der Waals surface area contributed by atoms with Crippen molar-refractivity contribution in [3.63, 3.8) is 0 Å². The lowest BCUT2D eigenvalue weighted by atomic mass is 9.98. The second-order valence-corrected chi connectivity index (χ2v) is 21.0. The number of allylic oxidation sites excluding steroid dienone is 12. The molecule has 1 aliphatic rings. The van der Waals surface area contributed by atoms with Crippen molar-refractivity contribution < 1.29 is 58.2 Å². The van der Waals surface area contributed by atoms with Gasteiger partial charge in [-0.1, -0.05) is 235 Å². The smallest absolute Gasteiger partial charge is 0.335 e. The average Bonchev–Trinajstić information content (AvgIpc) is 3.43. The van der Waals surface area contributed by atoms with Gasteiger partial charge in [-0.3, -0.25) is 14.4 Å². The van der Waals surface area contributed by atoms with Crippen molar-refractivity contribution in [1.29, 1.82) is 0 Å². The van der Waals surface area contributed by atoms with Crippen LogP contribution in [-0.2, 0) is 42.9 Å². The summed E-state index contributed by atoms with van der Waals surface area (Å²) in [5, 5.41) is 31.5. The number of hydrogen-bond donors (Lipinski definition) is 3. The van der Waals surface area contributed by atoms with Crippen LogP contribution in [-0.4, -0.2) is 89.2 Å². The number of rotatable bonds is 52. The number of aliphatic hydroxyl groups is 2. The van der Waals surface area contributed by atoms with Crippen molar-refractivity contribution in [1.82, 2.24) is 0 Å². The summed E-state index contributed by atoms with van der Waals surface area (Å²) in [5.74, 6) is -3.19. The van der Waals surface area contributed by atoms with E-state index in [0.29, 0.717) is 25.7 Å². The molecule has 1 rings (SSSR count). The van der Waals surface area contributed by atoms with E-state index in [0.717, 1.165) is 89.9 Å². The third kappa shape index (κ3) is 42.7. The molecule has 1 heterocycles. The minimum Gasteiger partial charge on any atom is -0.479 e. The fourth-order valence-electron chi connectivity index (χ4n) is 9.05. The van der Waals surface area contributed by atoms with Gasteiger partial charge in [0.25, 0.3) is 0 Å². The van der Waals surface area contributed by atoms with Gasteiger partial charge in [0.15, 0.2) is 24.6 Å². The quantitative estimate of drug-likeness (QED) is 0.0228. The number of carboxylic acid groups (broad SMARTS) is 1. The van der Waals surface area contributed by atoms with Crippen LogP contribution in [0.2, 0.25) is 0 Å². The molecule has 0 aromatic carbocycles. The van der Waals surface area contributed by atoms with Gasteiger partial charge in [-0.05, 0) is 83.5 Å². The van der Waals surface area contributed by atoms with Gasteiger partial charge in [0.1, 0.15) is 18.8 Å². The molecule has 0 saturated carbocycles. The number of carboxylic acids is 1. The predicted molar refractivity (Wildman–Crippen MR) is 312 cm³/mol. The zero-order valence-corrected chi connectivity index (χ0v) is 48.7. The first-order chi connectivity index (χ1) is 37.6. The summed E-state index contributed by atoms with van der Waals surface area (Å²) in [5.41, 5.74) is 0. The lowest BCUT2D eigenvalue weighted by Crippen LogP contribution is -2.61. The molecule has 0 aromatic rings. The van der Waals surface area contributed by atoms with Gasteiger partial charge in [-0.15, -0.1) is 0 Å². The van der Waals surface area contributed by atoms with E-state index in [9.17, 15) is 34.5 Å². The van der Waals surface area contributed by atoms with Crippen LogP contribution in [0.5, 0.6) is 0 Å². The van der Waals surface area contributed by atoms with E-state index >= 15 is 0 Å². The standard InChI is InChI=1S/C65H110O12/c1-4-7-10-13-16-19-22-25-28-29-32-35-38-41-44-47-50-53-59(68)76-63-61(70)60(69)62(64(71)72)77-65(63)74-55-56(75-58(67)52-49-46-43-40-37-34-31-27-24-21-18-15-12-9-6-3)54-73-57(66)51-48-45-42-39-36-33-30-26-23-20-17-14-11-8-5-2/h7,10,16,19,25-26,28,30,32,35,41,44,56,60-63,65,69-70H,4-6,8-9,11-15,17-18,20-24,27,29,31,33-34,36-40,42-43,45-55H2,1-3H3,(H,71,72)/b10-7-,19-16-,28-25-,30-26-,35-32-,44-41-. The van der Waals surface area contributed by atoms with Crippen molar-refractivity contribution in [2.45, 2.75) is 302 Å². The number of hydrogen-bond acceptors (Lipinski definition) is 11. The van der Waals surface area contributed by atoms with E-state index in [1.165, 1.54) is 109 Å². The summed E-state index contributed by atoms with van der Waals surface area (Å²) in [7, 11) is 0. The molecule has 0 aliphatic carbocycles. The van der Waals surface area contributed by atoms with Crippen LogP contribution in [0.3, 0.4) is 0 Å². The van der Waals surface area contributed by atoms with Gasteiger partial charge in [0.05, 0.1) is 6.61 Å². The lowest BCUT2D eigenvalue weighted by molar-refractivity contribution is -0.301. The minimum atomic E-state index is -1.92. The highest BCUT2D eigenvalue weighted by atomic mass is 16.7. The van der Waals surface area contributed by atoms with E-state index in [4.69, 9.17) is 23.7 Å². The van der Waals surface area contributed by atoms with E-state index in [-0.39, 0.29) is 25.9 Å². The normalized spacial score (nSPS) is 18.5. The van der Waals surface area contributed by atoms with Crippen LogP contribution >= 0.6 is 0 Å². The zero-order valence-electron chi connectivity index (χ0n) is 48.7. The number of ether oxygens (including phenoxy) is 5. The summed E-state index contributed by atoms with van der Waals surface area (Å²) >= 11 is 0. The molecule has 0 bridgehead atoms. The van der Waals surface area contributed by atoms with Crippen molar-refractivity contribution in [2.24, 2.45) is 0 Å². The van der Waals surface area contributed by atoms with E-state index in [2.05, 4.69) is 81.5 Å². The Hall–Kier alpha value is -3.84. The molecule has 0 spiro atoms. The molecule has 12 nitrogen and oxygen atoms in total. The van der Waals surface area contributed by atoms with Crippen LogP contribution in [0.25, 0.3) is 0 Å². The molecule has 0 amide bonds. The van der Waals surface area contributed by atoms with Crippen LogP contribution in [0, 0.1) is 0 Å². The fourth-order valence-corrected chi connectivity index (χ4v) is 9.05. The van der Waals surface area contributed by atoms with E-state index in [1.54, 1.807) is 0 Å². The van der Waals surface area contributed by atoms with Crippen LogP contribution in [0.15, 0.2) is 72.9 Å². The van der Waals surface area contributed by atoms with Crippen molar-refractivity contribution in [2.75, 3.05) is 13.2 Å². The Morgan fingerprint density at radius 3 is 1.30 bits per heavy atom. The van der Waals surface area contributed by atoms with Crippen LogP contribution < -0.4 is 0 Å². The highest BCUT2D eigenvalue weighted by molar-refractivity contribution is 5.74. The number of unbranched alkanes of at least 4 members (excludes halogenated alkanes) is 26. The second kappa shape index (κ2) is 52.8. The highest BCUT2D eigenvalue weighted by Gasteiger charge is 2.50. The second-order valence-electron chi connectivity index (χ2n) is 21.0. The maximum absolute atomic E-state index is 13.2. The molecule has 1 aliphatic heterocycles. The van der Waals surface area contributed by atoms with Crippen molar-refractivity contribution in [3.05, 3.63) is 72.9 Å². The summed E-state index contributed by atoms with van der Waals surface area (Å²) in [6.07, 6.45) is 54.4. The Kier molecular flexibility index (Phi) is 48.8. The molecule has 12 heteroatoms. The van der Waals surface area contributed by atoms with Gasteiger partial charge < -0.3 is 39.0 Å². The Bertz CT molecular complexity index is 1620. The SMILES string of the molecule is CC/C=C\C/C=C\C/C=C\C/C=C\C/C=C\CCCC(=O)OC1C(OCC(COC(=O)CCCCCCC/C=C\CCCCCCCC)OC(=O)CCCCCCCCCCCCCCCCC)OC(C(=O)O)C(O)C1O. The van der Waals surface area contributed by atoms with E-state index in [1.807, 2.05) is 12.2 Å². The molecule has 77 heavy (non-hydrogen) atoms. The minimum absolute atomic E-state index is 0.0189. The maximum Gasteiger partial charge on any atom is 0.335 e. The Labute approximate surface area is 468 Å². The fraction of sp³-hybridized carbons (Fsp3) is 0.754. The molecular formula is C65H110O12. The van der Waals surface area contributed by atoms with Gasteiger partial charge in [-0.2, -0.15) is 0 Å². The monoisotopic (exact) mass is 1080 g/mol. The number of carbonyl (C=O) groups excluding carboxylic acids is 3. The number of carbonyl (C=O) groups is 4. The summed E-state index contributed by atoms with van der Waals surface area (Å²) in [6.45, 7) is 5.86. The molecule has 6 atom stereocenters. The Morgan fingerprint density at radius 2 is 0.831 bits per heavy atom. The van der Waals surface area contributed by atoms with Gasteiger partial charge >= 0.3 is 23.9 Å². The first-order valence-corrected chi connectivity index (χ1v) is 30.9. The largest absolute Gasteiger partial charge is 0.479 e. The molecule has 442 valence electrons. The molecule has 1 saturated heterocycles. The first kappa shape index (κ1) is 71.2. The Balaban J connectivity index is 2.72. The number of aliphatic hydroxyl groups excluding tert-OH is 2. The molecular weight excluding hydrogens is 973 g/mol. The first-order valence-electron chi connectivity index (χ1n) is 30.9. The molecule has 6 unspecified atom stereocenters. The zero-order chi connectivity index (χ0) is 56.1. The summed E-state index contributed by atoms with van der Waals surface area (Å²) < 4.78 is 28.4. The average molecular weight is 1080 g/mol. The summed E-state index contributed by atoms with van der Waals surface area (Å²) in [4.78, 5) is 51.2. The highest BCUT2D eigenvalue weighted by Crippen LogP contribution is 2.26. The van der Waals surface area contributed by atoms with Crippen molar-refractivity contribution in [3.8, 4) is 0 Å². The molecule has 1 fully saturated rings. The Morgan fingerprint density at radius 1 is 0.442 bits per heavy atom. The van der Waals surface area contributed by atoms with Crippen LogP contribution in [0.4, 0.5) is 0 Å². The number of aliphatic carboxylic acids is 1.